The van der Waals surface area contributed by atoms with Gasteiger partial charge in [0.05, 0.1) is 16.6 Å². The predicted molar refractivity (Wildman–Crippen MR) is 115 cm³/mol. The summed E-state index contributed by atoms with van der Waals surface area (Å²) in [7, 11) is 0. The van der Waals surface area contributed by atoms with Gasteiger partial charge in [-0.05, 0) is 60.5 Å². The van der Waals surface area contributed by atoms with Crippen LogP contribution in [0.5, 0.6) is 0 Å². The molecule has 0 N–H and O–H groups in total. The first-order valence-electron chi connectivity index (χ1n) is 8.65. The molecule has 0 unspecified atom stereocenters. The fraction of sp³-hybridized carbons (Fsp3) is 0.0435. The standard InChI is InChI=1S/C23H17BrN2O/c1-16-6-2-3-7-17(16)10-15-22-25-21-9-5-4-8-20(21)23(27)26(22)19-13-11-18(24)12-14-19/h2-15H,1H3/b15-10+. The van der Waals surface area contributed by atoms with Crippen LogP contribution in [0.4, 0.5) is 0 Å². The van der Waals surface area contributed by atoms with Gasteiger partial charge in [-0.3, -0.25) is 9.36 Å². The summed E-state index contributed by atoms with van der Waals surface area (Å²) >= 11 is 3.45. The second-order valence-corrected chi connectivity index (χ2v) is 7.21. The zero-order valence-electron chi connectivity index (χ0n) is 14.8. The van der Waals surface area contributed by atoms with Crippen LogP contribution < -0.4 is 5.56 Å². The molecular formula is C23H17BrN2O. The summed E-state index contributed by atoms with van der Waals surface area (Å²) in [5.41, 5.74) is 3.67. The lowest BCUT2D eigenvalue weighted by atomic mass is 10.1. The van der Waals surface area contributed by atoms with Crippen LogP contribution in [0.3, 0.4) is 0 Å². The van der Waals surface area contributed by atoms with Crippen molar-refractivity contribution in [2.75, 3.05) is 0 Å². The van der Waals surface area contributed by atoms with Crippen LogP contribution in [0.25, 0.3) is 28.7 Å². The van der Waals surface area contributed by atoms with Crippen molar-refractivity contribution >= 4 is 39.0 Å². The van der Waals surface area contributed by atoms with Gasteiger partial charge in [-0.15, -0.1) is 0 Å². The number of halogens is 1. The maximum absolute atomic E-state index is 13.2. The van der Waals surface area contributed by atoms with Crippen molar-refractivity contribution in [3.8, 4) is 5.69 Å². The van der Waals surface area contributed by atoms with Crippen LogP contribution in [-0.4, -0.2) is 9.55 Å². The molecule has 0 radical (unpaired) electrons. The Balaban J connectivity index is 1.95. The minimum absolute atomic E-state index is 0.0765. The summed E-state index contributed by atoms with van der Waals surface area (Å²) in [6.45, 7) is 2.06. The molecular weight excluding hydrogens is 400 g/mol. The highest BCUT2D eigenvalue weighted by Gasteiger charge is 2.11. The Kier molecular flexibility index (Phi) is 4.73. The van der Waals surface area contributed by atoms with E-state index >= 15 is 0 Å². The molecule has 3 aromatic carbocycles. The third-order valence-corrected chi connectivity index (χ3v) is 5.02. The van der Waals surface area contributed by atoms with Gasteiger partial charge in [-0.1, -0.05) is 58.4 Å². The third-order valence-electron chi connectivity index (χ3n) is 4.49. The Bertz CT molecular complexity index is 1210. The lowest BCUT2D eigenvalue weighted by Crippen LogP contribution is -2.22. The average molecular weight is 417 g/mol. The van der Waals surface area contributed by atoms with Crippen LogP contribution in [-0.2, 0) is 0 Å². The van der Waals surface area contributed by atoms with E-state index in [0.29, 0.717) is 16.7 Å². The second kappa shape index (κ2) is 7.33. The van der Waals surface area contributed by atoms with Gasteiger partial charge >= 0.3 is 0 Å². The number of nitrogens with zero attached hydrogens (tertiary/aromatic N) is 2. The van der Waals surface area contributed by atoms with Gasteiger partial charge in [0.1, 0.15) is 5.82 Å². The number of benzene rings is 3. The van der Waals surface area contributed by atoms with E-state index in [0.717, 1.165) is 15.7 Å². The van der Waals surface area contributed by atoms with Crippen molar-refractivity contribution in [3.63, 3.8) is 0 Å². The van der Waals surface area contributed by atoms with Crippen molar-refractivity contribution in [2.24, 2.45) is 0 Å². The maximum Gasteiger partial charge on any atom is 0.266 e. The molecule has 0 spiro atoms. The second-order valence-electron chi connectivity index (χ2n) is 6.29. The summed E-state index contributed by atoms with van der Waals surface area (Å²) in [4.78, 5) is 17.9. The van der Waals surface area contributed by atoms with E-state index in [-0.39, 0.29) is 5.56 Å². The number of aromatic nitrogens is 2. The molecule has 0 atom stereocenters. The van der Waals surface area contributed by atoms with Gasteiger partial charge in [0, 0.05) is 4.47 Å². The van der Waals surface area contributed by atoms with Gasteiger partial charge in [0.2, 0.25) is 0 Å². The van der Waals surface area contributed by atoms with Crippen molar-refractivity contribution in [1.29, 1.82) is 0 Å². The Labute approximate surface area is 165 Å². The number of aryl methyl sites for hydroxylation is 1. The van der Waals surface area contributed by atoms with Gasteiger partial charge in [0.15, 0.2) is 0 Å². The third kappa shape index (κ3) is 3.49. The molecule has 0 aliphatic rings. The number of fused-ring (bicyclic) bond motifs is 1. The highest BCUT2D eigenvalue weighted by molar-refractivity contribution is 9.10. The molecule has 3 nitrogen and oxygen atoms in total. The predicted octanol–water partition coefficient (Wildman–Crippen LogP) is 5.63. The maximum atomic E-state index is 13.2. The van der Waals surface area contributed by atoms with Gasteiger partial charge in [-0.2, -0.15) is 0 Å². The molecule has 4 aromatic rings. The molecule has 0 saturated heterocycles. The highest BCUT2D eigenvalue weighted by atomic mass is 79.9. The smallest absolute Gasteiger partial charge is 0.266 e. The Morgan fingerprint density at radius 1 is 0.889 bits per heavy atom. The molecule has 27 heavy (non-hydrogen) atoms. The van der Waals surface area contributed by atoms with E-state index in [1.807, 2.05) is 72.8 Å². The molecule has 1 aromatic heterocycles. The fourth-order valence-electron chi connectivity index (χ4n) is 3.04. The van der Waals surface area contributed by atoms with Gasteiger partial charge in [0.25, 0.3) is 5.56 Å². The first-order chi connectivity index (χ1) is 13.1. The van der Waals surface area contributed by atoms with Gasteiger partial charge < -0.3 is 0 Å². The molecule has 1 heterocycles. The lowest BCUT2D eigenvalue weighted by molar-refractivity contribution is 0.943. The SMILES string of the molecule is Cc1ccccc1/C=C/c1nc2ccccc2c(=O)n1-c1ccc(Br)cc1. The largest absolute Gasteiger partial charge is 0.268 e. The Morgan fingerprint density at radius 3 is 2.37 bits per heavy atom. The van der Waals surface area contributed by atoms with E-state index in [1.54, 1.807) is 4.57 Å². The first kappa shape index (κ1) is 17.4. The number of para-hydroxylation sites is 1. The topological polar surface area (TPSA) is 34.9 Å². The minimum atomic E-state index is -0.0765. The fourth-order valence-corrected chi connectivity index (χ4v) is 3.30. The number of rotatable bonds is 3. The summed E-state index contributed by atoms with van der Waals surface area (Å²) in [6.07, 6.45) is 3.90. The van der Waals surface area contributed by atoms with Crippen LogP contribution in [0, 0.1) is 6.92 Å². The van der Waals surface area contributed by atoms with E-state index in [2.05, 4.69) is 35.0 Å². The van der Waals surface area contributed by atoms with Crippen LogP contribution in [0.1, 0.15) is 17.0 Å². The van der Waals surface area contributed by atoms with Crippen LogP contribution >= 0.6 is 15.9 Å². The number of hydrogen-bond acceptors (Lipinski definition) is 2. The molecule has 132 valence electrons. The average Bonchev–Trinajstić information content (AvgIpc) is 2.69. The summed E-state index contributed by atoms with van der Waals surface area (Å²) in [6, 6.07) is 23.2. The van der Waals surface area contributed by atoms with Crippen molar-refractivity contribution < 1.29 is 0 Å². The zero-order chi connectivity index (χ0) is 18.8. The molecule has 0 amide bonds. The van der Waals surface area contributed by atoms with E-state index in [9.17, 15) is 4.79 Å². The zero-order valence-corrected chi connectivity index (χ0v) is 16.3. The van der Waals surface area contributed by atoms with Crippen molar-refractivity contribution in [3.05, 3.63) is 105 Å². The lowest BCUT2D eigenvalue weighted by Gasteiger charge is -2.11. The molecule has 0 fully saturated rings. The highest BCUT2D eigenvalue weighted by Crippen LogP contribution is 2.18. The first-order valence-corrected chi connectivity index (χ1v) is 9.44. The van der Waals surface area contributed by atoms with E-state index in [1.165, 1.54) is 5.56 Å². The van der Waals surface area contributed by atoms with E-state index in [4.69, 9.17) is 4.98 Å². The monoisotopic (exact) mass is 416 g/mol. The molecule has 4 heteroatoms. The van der Waals surface area contributed by atoms with Crippen LogP contribution in [0.2, 0.25) is 0 Å². The molecule has 0 saturated carbocycles. The molecule has 0 aliphatic carbocycles. The van der Waals surface area contributed by atoms with Crippen LogP contribution in [0.15, 0.2) is 82.1 Å². The number of hydrogen-bond donors (Lipinski definition) is 0. The molecule has 0 aliphatic heterocycles. The normalized spacial score (nSPS) is 11.3. The minimum Gasteiger partial charge on any atom is -0.268 e. The van der Waals surface area contributed by atoms with Crippen molar-refractivity contribution in [1.82, 2.24) is 9.55 Å². The Hall–Kier alpha value is -2.98. The van der Waals surface area contributed by atoms with Gasteiger partial charge in [-0.25, -0.2) is 4.98 Å². The molecule has 0 bridgehead atoms. The quantitative estimate of drug-likeness (QED) is 0.433. The Morgan fingerprint density at radius 2 is 1.59 bits per heavy atom. The molecule has 4 rings (SSSR count). The van der Waals surface area contributed by atoms with E-state index < -0.39 is 0 Å². The van der Waals surface area contributed by atoms with Crippen molar-refractivity contribution in [2.45, 2.75) is 6.92 Å². The summed E-state index contributed by atoms with van der Waals surface area (Å²) in [5.74, 6) is 0.601. The summed E-state index contributed by atoms with van der Waals surface area (Å²) < 4.78 is 2.62. The summed E-state index contributed by atoms with van der Waals surface area (Å²) in [5, 5.41) is 0.605.